The Labute approximate surface area is 204 Å². The molecule has 2 aromatic rings. The minimum Gasteiger partial charge on any atom is -0.385 e. The molecule has 3 aliphatic rings. The maximum absolute atomic E-state index is 13.7. The molecule has 0 bridgehead atoms. The maximum atomic E-state index is 13.7. The van der Waals surface area contributed by atoms with E-state index in [-0.39, 0.29) is 11.5 Å². The number of carbonyl (C=O) groups excluding carboxylic acids is 1. The van der Waals surface area contributed by atoms with Crippen LogP contribution >= 0.6 is 0 Å². The molecule has 35 heavy (non-hydrogen) atoms. The topological polar surface area (TPSA) is 72.6 Å². The third kappa shape index (κ3) is 4.70. The van der Waals surface area contributed by atoms with Crippen LogP contribution in [0.5, 0.6) is 0 Å². The Balaban J connectivity index is 1.46. The van der Waals surface area contributed by atoms with Crippen molar-refractivity contribution in [1.82, 2.24) is 19.2 Å². The van der Waals surface area contributed by atoms with Crippen LogP contribution < -0.4 is 10.5 Å². The predicted octanol–water partition coefficient (Wildman–Crippen LogP) is 3.14. The Hall–Kier alpha value is -3.91. The van der Waals surface area contributed by atoms with Crippen molar-refractivity contribution in [3.05, 3.63) is 89.0 Å². The van der Waals surface area contributed by atoms with Gasteiger partial charge < -0.3 is 19.1 Å². The summed E-state index contributed by atoms with van der Waals surface area (Å²) in [5.74, 6) is -0.0958. The molecule has 1 saturated heterocycles. The fourth-order valence-electron chi connectivity index (χ4n) is 4.56. The number of ether oxygens (including phenoxy) is 1. The minimum absolute atomic E-state index is 0.0958. The first-order valence-electron chi connectivity index (χ1n) is 11.9. The number of carbonyl (C=O) groups is 1. The SMILES string of the molecule is COCCCn1cc(C(=O)N2CCN(c3ccccc3)CC2)c2nn(-c3ccccc3)c(=O)c-2c1. The molecule has 3 heterocycles. The second kappa shape index (κ2) is 10.1. The highest BCUT2D eigenvalue weighted by Gasteiger charge is 2.29. The van der Waals surface area contributed by atoms with Crippen molar-refractivity contribution in [2.75, 3.05) is 44.8 Å². The van der Waals surface area contributed by atoms with Crippen molar-refractivity contribution in [1.29, 1.82) is 0 Å². The van der Waals surface area contributed by atoms with E-state index in [2.05, 4.69) is 22.1 Å². The molecular weight excluding hydrogens is 442 g/mol. The third-order valence-corrected chi connectivity index (χ3v) is 6.41. The highest BCUT2D eigenvalue weighted by Crippen LogP contribution is 2.25. The van der Waals surface area contributed by atoms with E-state index < -0.39 is 0 Å². The van der Waals surface area contributed by atoms with Gasteiger partial charge in [0, 0.05) is 64.5 Å². The number of methoxy groups -OCH3 is 1. The summed E-state index contributed by atoms with van der Waals surface area (Å²) in [7, 11) is 1.66. The molecule has 0 unspecified atom stereocenters. The Morgan fingerprint density at radius 3 is 2.23 bits per heavy atom. The summed E-state index contributed by atoms with van der Waals surface area (Å²) >= 11 is 0. The Kier molecular flexibility index (Phi) is 6.63. The molecule has 0 spiro atoms. The molecule has 0 saturated carbocycles. The molecule has 0 atom stereocenters. The zero-order chi connectivity index (χ0) is 24.2. The lowest BCUT2D eigenvalue weighted by atomic mass is 10.1. The van der Waals surface area contributed by atoms with Gasteiger partial charge in [0.1, 0.15) is 5.69 Å². The summed E-state index contributed by atoms with van der Waals surface area (Å²) in [6.45, 7) is 3.97. The molecule has 0 N–H and O–H groups in total. The molecule has 0 aliphatic carbocycles. The lowest BCUT2D eigenvalue weighted by Gasteiger charge is -2.36. The van der Waals surface area contributed by atoms with Crippen molar-refractivity contribution in [3.63, 3.8) is 0 Å². The van der Waals surface area contributed by atoms with Gasteiger partial charge in [-0.3, -0.25) is 9.59 Å². The van der Waals surface area contributed by atoms with E-state index in [0.29, 0.717) is 48.7 Å². The molecule has 3 aliphatic heterocycles. The maximum Gasteiger partial charge on any atom is 0.282 e. The normalized spacial score (nSPS) is 14.0. The Morgan fingerprint density at radius 2 is 1.57 bits per heavy atom. The van der Waals surface area contributed by atoms with Gasteiger partial charge in [0.15, 0.2) is 0 Å². The number of aryl methyl sites for hydroxylation is 1. The number of pyridine rings is 1. The van der Waals surface area contributed by atoms with E-state index >= 15 is 0 Å². The molecule has 8 nitrogen and oxygen atoms in total. The number of para-hydroxylation sites is 2. The first kappa shape index (κ1) is 22.9. The quantitative estimate of drug-likeness (QED) is 0.387. The number of fused-ring (bicyclic) bond motifs is 1. The summed E-state index contributed by atoms with van der Waals surface area (Å²) in [5.41, 5.74) is 2.96. The molecule has 0 aromatic heterocycles. The molecule has 5 rings (SSSR count). The highest BCUT2D eigenvalue weighted by molar-refractivity contribution is 6.00. The Bertz CT molecular complexity index is 1310. The number of aromatic nitrogens is 3. The molecule has 8 heteroatoms. The van der Waals surface area contributed by atoms with Crippen molar-refractivity contribution in [3.8, 4) is 16.9 Å². The van der Waals surface area contributed by atoms with Gasteiger partial charge in [0.05, 0.1) is 16.8 Å². The second-order valence-electron chi connectivity index (χ2n) is 8.69. The van der Waals surface area contributed by atoms with Crippen LogP contribution in [-0.2, 0) is 11.3 Å². The van der Waals surface area contributed by atoms with Gasteiger partial charge in [0.25, 0.3) is 11.5 Å². The first-order chi connectivity index (χ1) is 17.2. The van der Waals surface area contributed by atoms with Crippen molar-refractivity contribution >= 4 is 11.6 Å². The molecule has 1 amide bonds. The lowest BCUT2D eigenvalue weighted by Crippen LogP contribution is -2.49. The zero-order valence-corrected chi connectivity index (χ0v) is 19.8. The average molecular weight is 472 g/mol. The van der Waals surface area contributed by atoms with Crippen LogP contribution in [0, 0.1) is 0 Å². The van der Waals surface area contributed by atoms with Crippen LogP contribution in [0.15, 0.2) is 77.9 Å². The monoisotopic (exact) mass is 471 g/mol. The van der Waals surface area contributed by atoms with Gasteiger partial charge >= 0.3 is 0 Å². The first-order valence-corrected chi connectivity index (χ1v) is 11.9. The van der Waals surface area contributed by atoms with Gasteiger partial charge in [-0.2, -0.15) is 9.78 Å². The summed E-state index contributed by atoms with van der Waals surface area (Å²) in [5, 5.41) is 4.61. The van der Waals surface area contributed by atoms with Crippen molar-refractivity contribution in [2.24, 2.45) is 0 Å². The van der Waals surface area contributed by atoms with Gasteiger partial charge in [-0.25, -0.2) is 0 Å². The van der Waals surface area contributed by atoms with E-state index in [1.54, 1.807) is 13.3 Å². The highest BCUT2D eigenvalue weighted by atomic mass is 16.5. The number of amides is 1. The largest absolute Gasteiger partial charge is 0.385 e. The van der Waals surface area contributed by atoms with Gasteiger partial charge in [-0.1, -0.05) is 36.4 Å². The van der Waals surface area contributed by atoms with Gasteiger partial charge in [-0.15, -0.1) is 0 Å². The van der Waals surface area contributed by atoms with Crippen LogP contribution in [0.1, 0.15) is 16.8 Å². The summed E-state index contributed by atoms with van der Waals surface area (Å²) < 4.78 is 8.48. The van der Waals surface area contributed by atoms with E-state index in [0.717, 1.165) is 25.2 Å². The Morgan fingerprint density at radius 1 is 0.914 bits per heavy atom. The summed E-state index contributed by atoms with van der Waals surface area (Å²) in [6.07, 6.45) is 4.40. The minimum atomic E-state index is -0.227. The lowest BCUT2D eigenvalue weighted by molar-refractivity contribution is 0.0746. The van der Waals surface area contributed by atoms with Crippen LogP contribution in [0.4, 0.5) is 5.69 Å². The number of rotatable bonds is 7. The molecule has 0 radical (unpaired) electrons. The number of hydrogen-bond acceptors (Lipinski definition) is 5. The molecule has 180 valence electrons. The van der Waals surface area contributed by atoms with E-state index in [4.69, 9.17) is 4.74 Å². The summed E-state index contributed by atoms with van der Waals surface area (Å²) in [6, 6.07) is 19.5. The van der Waals surface area contributed by atoms with Crippen LogP contribution in [0.2, 0.25) is 0 Å². The fourth-order valence-corrected chi connectivity index (χ4v) is 4.56. The van der Waals surface area contributed by atoms with Gasteiger partial charge in [0.2, 0.25) is 0 Å². The van der Waals surface area contributed by atoms with Gasteiger partial charge in [-0.05, 0) is 30.7 Å². The number of benzene rings is 2. The molecule has 2 aromatic carbocycles. The van der Waals surface area contributed by atoms with Crippen LogP contribution in [0.25, 0.3) is 16.9 Å². The third-order valence-electron chi connectivity index (χ3n) is 6.41. The fraction of sp³-hybridized carbons (Fsp3) is 0.296. The summed E-state index contributed by atoms with van der Waals surface area (Å²) in [4.78, 5) is 31.2. The van der Waals surface area contributed by atoms with Crippen molar-refractivity contribution in [2.45, 2.75) is 13.0 Å². The van der Waals surface area contributed by atoms with E-state index in [1.807, 2.05) is 64.2 Å². The van der Waals surface area contributed by atoms with E-state index in [9.17, 15) is 9.59 Å². The number of piperazine rings is 1. The van der Waals surface area contributed by atoms with E-state index in [1.165, 1.54) is 4.68 Å². The van der Waals surface area contributed by atoms with Crippen LogP contribution in [-0.4, -0.2) is 65.1 Å². The zero-order valence-electron chi connectivity index (χ0n) is 19.8. The number of nitrogens with zero attached hydrogens (tertiary/aromatic N) is 5. The number of hydrogen-bond donors (Lipinski definition) is 0. The standard InChI is InChI=1S/C27H29N5O3/c1-35-18-8-13-29-19-23(25-24(20-29)27(34)32(28-25)22-11-6-3-7-12-22)26(33)31-16-14-30(15-17-31)21-9-4-2-5-10-21/h2-7,9-12,19-20H,8,13-18H2,1H3. The average Bonchev–Trinajstić information content (AvgIpc) is 3.25. The van der Waals surface area contributed by atoms with Crippen molar-refractivity contribution < 1.29 is 9.53 Å². The van der Waals surface area contributed by atoms with Crippen LogP contribution in [0.3, 0.4) is 0 Å². The second-order valence-corrected chi connectivity index (χ2v) is 8.69. The molecular formula is C27H29N5O3. The smallest absolute Gasteiger partial charge is 0.282 e. The molecule has 1 fully saturated rings. The predicted molar refractivity (Wildman–Crippen MR) is 135 cm³/mol. The number of anilines is 1.